The Morgan fingerprint density at radius 2 is 1.86 bits per heavy atom. The fourth-order valence-corrected chi connectivity index (χ4v) is 0. The van der Waals surface area contributed by atoms with Crippen LogP contribution in [0, 0.1) is 5.41 Å². The van der Waals surface area contributed by atoms with Crippen LogP contribution in [-0.4, -0.2) is 11.0 Å². The number of amidine groups is 1. The molecular formula is C2H5ClN2OS. The Morgan fingerprint density at radius 1 is 1.71 bits per heavy atom. The first kappa shape index (κ1) is 9.91. The van der Waals surface area contributed by atoms with Crippen LogP contribution in [0.25, 0.3) is 0 Å². The minimum Gasteiger partial charge on any atom is -0.380 e. The molecule has 0 aromatic heterocycles. The van der Waals surface area contributed by atoms with Gasteiger partial charge in [-0.2, -0.15) is 0 Å². The second-order valence-corrected chi connectivity index (χ2v) is 1.13. The third-order valence-corrected chi connectivity index (χ3v) is 0.471. The Labute approximate surface area is 52.6 Å². The summed E-state index contributed by atoms with van der Waals surface area (Å²) < 4.78 is 0. The Kier molecular flexibility index (Phi) is 5.60. The summed E-state index contributed by atoms with van der Waals surface area (Å²) >= 11 is 3.20. The third kappa shape index (κ3) is 5.78. The van der Waals surface area contributed by atoms with Crippen LogP contribution in [0.3, 0.4) is 0 Å². The number of nitrogens with two attached hydrogens (primary N) is 1. The molecule has 0 aromatic rings. The number of hydrogen-bond donors (Lipinski definition) is 3. The largest absolute Gasteiger partial charge is 0.380 e. The van der Waals surface area contributed by atoms with Crippen molar-refractivity contribution >= 4 is 36.0 Å². The van der Waals surface area contributed by atoms with Gasteiger partial charge in [0.15, 0.2) is 5.84 Å². The predicted octanol–water partition coefficient (Wildman–Crippen LogP) is -0.199. The van der Waals surface area contributed by atoms with Gasteiger partial charge in [-0.05, 0) is 0 Å². The molecule has 42 valence electrons. The Hall–Kier alpha value is -0.220. The first-order chi connectivity index (χ1) is 2.64. The number of thiol groups is 1. The average molecular weight is 141 g/mol. The van der Waals surface area contributed by atoms with E-state index in [1.807, 2.05) is 0 Å². The monoisotopic (exact) mass is 140 g/mol. The van der Waals surface area contributed by atoms with Gasteiger partial charge in [0.1, 0.15) is 0 Å². The van der Waals surface area contributed by atoms with Gasteiger partial charge in [0.25, 0.3) is 0 Å². The molecule has 0 saturated carbocycles. The first-order valence-corrected chi connectivity index (χ1v) is 1.66. The van der Waals surface area contributed by atoms with E-state index in [2.05, 4.69) is 18.4 Å². The van der Waals surface area contributed by atoms with Gasteiger partial charge in [-0.3, -0.25) is 10.2 Å². The molecule has 0 fully saturated rings. The molecule has 0 rings (SSSR count). The zero-order valence-corrected chi connectivity index (χ0v) is 5.05. The molecule has 0 aliphatic carbocycles. The summed E-state index contributed by atoms with van der Waals surface area (Å²) in [7, 11) is 0. The molecule has 0 amide bonds. The molecule has 0 heterocycles. The molecule has 0 unspecified atom stereocenters. The van der Waals surface area contributed by atoms with Crippen molar-refractivity contribution in [3.8, 4) is 0 Å². The lowest BCUT2D eigenvalue weighted by molar-refractivity contribution is -0.105. The van der Waals surface area contributed by atoms with E-state index < -0.39 is 11.0 Å². The zero-order chi connectivity index (χ0) is 5.15. The van der Waals surface area contributed by atoms with Crippen molar-refractivity contribution in [1.82, 2.24) is 0 Å². The van der Waals surface area contributed by atoms with E-state index in [1.165, 1.54) is 0 Å². The third-order valence-electron chi connectivity index (χ3n) is 0.230. The summed E-state index contributed by atoms with van der Waals surface area (Å²) in [6.45, 7) is 0. The number of halogens is 1. The van der Waals surface area contributed by atoms with Crippen molar-refractivity contribution in [3.05, 3.63) is 0 Å². The van der Waals surface area contributed by atoms with Crippen LogP contribution in [-0.2, 0) is 4.79 Å². The van der Waals surface area contributed by atoms with Crippen LogP contribution < -0.4 is 5.73 Å². The molecule has 0 atom stereocenters. The van der Waals surface area contributed by atoms with Gasteiger partial charge in [0, 0.05) is 0 Å². The van der Waals surface area contributed by atoms with Crippen LogP contribution in [0.15, 0.2) is 0 Å². The molecule has 0 aliphatic heterocycles. The molecule has 0 bridgehead atoms. The molecule has 5 heteroatoms. The van der Waals surface area contributed by atoms with Crippen LogP contribution in [0.1, 0.15) is 0 Å². The van der Waals surface area contributed by atoms with Crippen LogP contribution in [0.5, 0.6) is 0 Å². The first-order valence-electron chi connectivity index (χ1n) is 1.22. The number of carbonyl (C=O) groups excluding carboxylic acids is 1. The topological polar surface area (TPSA) is 66.9 Å². The second kappa shape index (κ2) is 3.95. The fraction of sp³-hybridized carbons (Fsp3) is 0. The maximum absolute atomic E-state index is 9.66. The molecule has 0 radical (unpaired) electrons. The van der Waals surface area contributed by atoms with E-state index in [9.17, 15) is 4.79 Å². The summed E-state index contributed by atoms with van der Waals surface area (Å²) in [6, 6.07) is 0. The zero-order valence-electron chi connectivity index (χ0n) is 3.34. The highest BCUT2D eigenvalue weighted by molar-refractivity contribution is 7.98. The molecular weight excluding hydrogens is 136 g/mol. The molecule has 3 nitrogen and oxygen atoms in total. The molecule has 0 spiro atoms. The fourth-order valence-electron chi connectivity index (χ4n) is 0. The highest BCUT2D eigenvalue weighted by atomic mass is 35.5. The average Bonchev–Trinajstić information content (AvgIpc) is 1.36. The number of rotatable bonds is 1. The predicted molar refractivity (Wildman–Crippen MR) is 33.2 cm³/mol. The van der Waals surface area contributed by atoms with E-state index in [1.54, 1.807) is 0 Å². The van der Waals surface area contributed by atoms with E-state index in [0.29, 0.717) is 0 Å². The SMILES string of the molecule is Cl.N=C(N)C(=O)S. The normalized spacial score (nSPS) is 6.43. The van der Waals surface area contributed by atoms with Gasteiger partial charge in [-0.25, -0.2) is 0 Å². The minimum absolute atomic E-state index is 0. The van der Waals surface area contributed by atoms with Gasteiger partial charge < -0.3 is 5.73 Å². The van der Waals surface area contributed by atoms with Gasteiger partial charge in [0.2, 0.25) is 5.12 Å². The Balaban J connectivity index is 0. The summed E-state index contributed by atoms with van der Waals surface area (Å²) in [5.74, 6) is -0.515. The lowest BCUT2D eigenvalue weighted by Gasteiger charge is -1.78. The number of carbonyl (C=O) groups is 1. The summed E-state index contributed by atoms with van der Waals surface area (Å²) in [6.07, 6.45) is 0. The molecule has 0 saturated heterocycles. The van der Waals surface area contributed by atoms with Crippen LogP contribution in [0.2, 0.25) is 0 Å². The van der Waals surface area contributed by atoms with Crippen molar-refractivity contribution in [1.29, 1.82) is 5.41 Å². The van der Waals surface area contributed by atoms with E-state index in [-0.39, 0.29) is 12.4 Å². The van der Waals surface area contributed by atoms with Crippen molar-refractivity contribution < 1.29 is 4.79 Å². The smallest absolute Gasteiger partial charge is 0.250 e. The van der Waals surface area contributed by atoms with Gasteiger partial charge >= 0.3 is 0 Å². The lowest BCUT2D eigenvalue weighted by atomic mass is 10.7. The summed E-state index contributed by atoms with van der Waals surface area (Å²) in [4.78, 5) is 9.66. The van der Waals surface area contributed by atoms with Crippen LogP contribution >= 0.6 is 25.0 Å². The van der Waals surface area contributed by atoms with E-state index in [4.69, 9.17) is 5.41 Å². The number of nitrogens with one attached hydrogen (secondary N) is 1. The Morgan fingerprint density at radius 3 is 1.86 bits per heavy atom. The van der Waals surface area contributed by atoms with Crippen LogP contribution in [0.4, 0.5) is 0 Å². The highest BCUT2D eigenvalue weighted by Crippen LogP contribution is 1.71. The number of hydrogen-bond acceptors (Lipinski definition) is 2. The second-order valence-electron chi connectivity index (χ2n) is 0.719. The summed E-state index contributed by atoms with van der Waals surface area (Å²) in [5.41, 5.74) is 4.59. The Bertz CT molecular complexity index is 81.7. The molecule has 7 heavy (non-hydrogen) atoms. The van der Waals surface area contributed by atoms with Crippen molar-refractivity contribution in [2.75, 3.05) is 0 Å². The van der Waals surface area contributed by atoms with E-state index in [0.717, 1.165) is 0 Å². The maximum Gasteiger partial charge on any atom is 0.250 e. The van der Waals surface area contributed by atoms with Gasteiger partial charge in [0.05, 0.1) is 0 Å². The molecule has 3 N–H and O–H groups in total. The van der Waals surface area contributed by atoms with Crippen molar-refractivity contribution in [2.45, 2.75) is 0 Å². The van der Waals surface area contributed by atoms with Gasteiger partial charge in [-0.15, -0.1) is 12.4 Å². The highest BCUT2D eigenvalue weighted by Gasteiger charge is 1.91. The lowest BCUT2D eigenvalue weighted by Crippen LogP contribution is -2.16. The summed E-state index contributed by atoms with van der Waals surface area (Å²) in [5, 5.41) is 5.62. The standard InChI is InChI=1S/C2H4N2OS.ClH/c3-1(4)2(5)6;/h(H3,3,4)(H,5,6);1H. The van der Waals surface area contributed by atoms with Gasteiger partial charge in [-0.1, -0.05) is 12.6 Å². The quantitative estimate of drug-likeness (QED) is 0.268. The molecule has 0 aromatic carbocycles. The molecule has 0 aliphatic rings. The van der Waals surface area contributed by atoms with Crippen molar-refractivity contribution in [3.63, 3.8) is 0 Å². The van der Waals surface area contributed by atoms with E-state index >= 15 is 0 Å². The minimum atomic E-state index is -0.685. The maximum atomic E-state index is 9.66. The van der Waals surface area contributed by atoms with Crippen molar-refractivity contribution in [2.24, 2.45) is 5.73 Å².